The van der Waals surface area contributed by atoms with E-state index >= 15 is 0 Å². The Morgan fingerprint density at radius 1 is 1.35 bits per heavy atom. The van der Waals surface area contributed by atoms with Crippen molar-refractivity contribution in [3.8, 4) is 5.69 Å². The number of nitrogens with one attached hydrogen (secondary N) is 2. The first kappa shape index (κ1) is 14.2. The molecule has 1 amide bonds. The van der Waals surface area contributed by atoms with Crippen molar-refractivity contribution in [2.24, 2.45) is 0 Å². The van der Waals surface area contributed by atoms with Crippen LogP contribution in [-0.2, 0) is 4.79 Å². The van der Waals surface area contributed by atoms with Crippen LogP contribution in [0.1, 0.15) is 11.4 Å². The Hall–Kier alpha value is -2.21. The molecular weight excluding hydrogens is 259 g/mol. The summed E-state index contributed by atoms with van der Waals surface area (Å²) in [5.74, 6) is -0.649. The van der Waals surface area contributed by atoms with Gasteiger partial charge in [0.25, 0.3) is 0 Å². The van der Waals surface area contributed by atoms with Gasteiger partial charge in [-0.2, -0.15) is 5.10 Å². The van der Waals surface area contributed by atoms with Crippen LogP contribution in [0.15, 0.2) is 24.3 Å². The molecule has 5 nitrogen and oxygen atoms in total. The quantitative estimate of drug-likeness (QED) is 0.895. The first-order valence-electron chi connectivity index (χ1n) is 6.29. The Morgan fingerprint density at radius 3 is 2.65 bits per heavy atom. The average molecular weight is 276 g/mol. The molecule has 0 aliphatic rings. The van der Waals surface area contributed by atoms with E-state index in [4.69, 9.17) is 0 Å². The van der Waals surface area contributed by atoms with Gasteiger partial charge in [0.15, 0.2) is 5.82 Å². The van der Waals surface area contributed by atoms with E-state index in [1.807, 2.05) is 19.9 Å². The topological polar surface area (TPSA) is 59.0 Å². The van der Waals surface area contributed by atoms with Gasteiger partial charge in [0.1, 0.15) is 5.69 Å². The SMILES string of the molecule is CNCC(=O)Nc1ccc(-n2nc(C)cc2C)c(F)c1. The molecule has 2 N–H and O–H groups in total. The predicted molar refractivity (Wildman–Crippen MR) is 75.6 cm³/mol. The van der Waals surface area contributed by atoms with Gasteiger partial charge in [-0.25, -0.2) is 9.07 Å². The number of benzene rings is 1. The zero-order valence-corrected chi connectivity index (χ0v) is 11.7. The fourth-order valence-electron chi connectivity index (χ4n) is 1.99. The second-order valence-electron chi connectivity index (χ2n) is 4.58. The van der Waals surface area contributed by atoms with Crippen LogP contribution in [-0.4, -0.2) is 29.3 Å². The van der Waals surface area contributed by atoms with E-state index in [1.165, 1.54) is 6.07 Å². The van der Waals surface area contributed by atoms with Gasteiger partial charge in [-0.3, -0.25) is 4.79 Å². The molecule has 0 saturated heterocycles. The maximum Gasteiger partial charge on any atom is 0.238 e. The Morgan fingerprint density at radius 2 is 2.10 bits per heavy atom. The Balaban J connectivity index is 2.26. The van der Waals surface area contributed by atoms with E-state index in [-0.39, 0.29) is 12.5 Å². The van der Waals surface area contributed by atoms with E-state index in [0.717, 1.165) is 11.4 Å². The molecule has 0 bridgehead atoms. The van der Waals surface area contributed by atoms with Gasteiger partial charge < -0.3 is 10.6 Å². The lowest BCUT2D eigenvalue weighted by Crippen LogP contribution is -2.25. The Bertz CT molecular complexity index is 636. The molecule has 0 unspecified atom stereocenters. The summed E-state index contributed by atoms with van der Waals surface area (Å²) in [6, 6.07) is 6.42. The van der Waals surface area contributed by atoms with Crippen molar-refractivity contribution in [2.45, 2.75) is 13.8 Å². The third-order valence-electron chi connectivity index (χ3n) is 2.81. The highest BCUT2D eigenvalue weighted by Gasteiger charge is 2.10. The number of rotatable bonds is 4. The van der Waals surface area contributed by atoms with Crippen LogP contribution in [0.3, 0.4) is 0 Å². The molecule has 0 saturated carbocycles. The lowest BCUT2D eigenvalue weighted by molar-refractivity contribution is -0.115. The average Bonchev–Trinajstić information content (AvgIpc) is 2.69. The number of aromatic nitrogens is 2. The molecule has 0 aliphatic carbocycles. The first-order valence-corrected chi connectivity index (χ1v) is 6.29. The van der Waals surface area contributed by atoms with Crippen LogP contribution in [0.25, 0.3) is 5.69 Å². The Kier molecular flexibility index (Phi) is 4.14. The van der Waals surface area contributed by atoms with E-state index in [1.54, 1.807) is 23.9 Å². The second-order valence-corrected chi connectivity index (χ2v) is 4.58. The fourth-order valence-corrected chi connectivity index (χ4v) is 1.99. The molecular formula is C14H17FN4O. The summed E-state index contributed by atoms with van der Waals surface area (Å²) >= 11 is 0. The van der Waals surface area contributed by atoms with Gasteiger partial charge >= 0.3 is 0 Å². The van der Waals surface area contributed by atoms with Crippen LogP contribution < -0.4 is 10.6 Å². The van der Waals surface area contributed by atoms with Crippen molar-refractivity contribution in [3.05, 3.63) is 41.5 Å². The Labute approximate surface area is 116 Å². The second kappa shape index (κ2) is 5.83. The van der Waals surface area contributed by atoms with Crippen LogP contribution in [0.2, 0.25) is 0 Å². The van der Waals surface area contributed by atoms with E-state index < -0.39 is 5.82 Å². The molecule has 1 aromatic heterocycles. The number of aryl methyl sites for hydroxylation is 2. The maximum atomic E-state index is 14.1. The molecule has 20 heavy (non-hydrogen) atoms. The molecule has 0 radical (unpaired) electrons. The monoisotopic (exact) mass is 276 g/mol. The molecule has 0 atom stereocenters. The van der Waals surface area contributed by atoms with Crippen molar-refractivity contribution >= 4 is 11.6 Å². The normalized spacial score (nSPS) is 10.6. The van der Waals surface area contributed by atoms with Crippen LogP contribution in [0.5, 0.6) is 0 Å². The number of likely N-dealkylation sites (N-methyl/N-ethyl adjacent to an activating group) is 1. The van der Waals surface area contributed by atoms with Crippen LogP contribution in [0.4, 0.5) is 10.1 Å². The lowest BCUT2D eigenvalue weighted by atomic mass is 10.2. The lowest BCUT2D eigenvalue weighted by Gasteiger charge is -2.09. The zero-order valence-electron chi connectivity index (χ0n) is 11.7. The highest BCUT2D eigenvalue weighted by molar-refractivity contribution is 5.92. The zero-order chi connectivity index (χ0) is 14.7. The molecule has 1 aromatic carbocycles. The highest BCUT2D eigenvalue weighted by atomic mass is 19.1. The van der Waals surface area contributed by atoms with Crippen molar-refractivity contribution in [1.82, 2.24) is 15.1 Å². The number of nitrogens with zero attached hydrogens (tertiary/aromatic N) is 2. The van der Waals surface area contributed by atoms with Crippen molar-refractivity contribution in [2.75, 3.05) is 18.9 Å². The fraction of sp³-hybridized carbons (Fsp3) is 0.286. The summed E-state index contributed by atoms with van der Waals surface area (Å²) in [5, 5.41) is 9.58. The smallest absolute Gasteiger partial charge is 0.238 e. The number of hydrogen-bond donors (Lipinski definition) is 2. The van der Waals surface area contributed by atoms with E-state index in [2.05, 4.69) is 15.7 Å². The number of hydrogen-bond acceptors (Lipinski definition) is 3. The molecule has 6 heteroatoms. The molecule has 0 aliphatic heterocycles. The standard InChI is InChI=1S/C14H17FN4O/c1-9-6-10(2)19(18-9)13-5-4-11(7-12(13)15)17-14(20)8-16-3/h4-7,16H,8H2,1-3H3,(H,17,20). The molecule has 2 aromatic rings. The number of amides is 1. The minimum Gasteiger partial charge on any atom is -0.325 e. The first-order chi connectivity index (χ1) is 9.51. The minimum absolute atomic E-state index is 0.181. The van der Waals surface area contributed by atoms with Crippen molar-refractivity contribution in [1.29, 1.82) is 0 Å². The van der Waals surface area contributed by atoms with E-state index in [9.17, 15) is 9.18 Å². The molecule has 2 rings (SSSR count). The van der Waals surface area contributed by atoms with Gasteiger partial charge in [-0.15, -0.1) is 0 Å². The van der Waals surface area contributed by atoms with Crippen LogP contribution >= 0.6 is 0 Å². The van der Waals surface area contributed by atoms with Crippen LogP contribution in [0, 0.1) is 19.7 Å². The van der Waals surface area contributed by atoms with Gasteiger partial charge in [-0.05, 0) is 45.2 Å². The number of carbonyl (C=O) groups excluding carboxylic acids is 1. The number of anilines is 1. The predicted octanol–water partition coefficient (Wildman–Crippen LogP) is 1.79. The summed E-state index contributed by atoms with van der Waals surface area (Å²) in [6.07, 6.45) is 0. The summed E-state index contributed by atoms with van der Waals surface area (Å²) in [5.41, 5.74) is 2.47. The maximum absolute atomic E-state index is 14.1. The molecule has 106 valence electrons. The third kappa shape index (κ3) is 3.03. The van der Waals surface area contributed by atoms with Crippen molar-refractivity contribution in [3.63, 3.8) is 0 Å². The van der Waals surface area contributed by atoms with E-state index in [0.29, 0.717) is 11.4 Å². The summed E-state index contributed by atoms with van der Waals surface area (Å²) in [6.45, 7) is 3.90. The summed E-state index contributed by atoms with van der Waals surface area (Å²) in [4.78, 5) is 11.4. The van der Waals surface area contributed by atoms with Gasteiger partial charge in [0.05, 0.1) is 12.2 Å². The number of carbonyl (C=O) groups is 1. The largest absolute Gasteiger partial charge is 0.325 e. The van der Waals surface area contributed by atoms with Gasteiger partial charge in [0, 0.05) is 11.4 Å². The summed E-state index contributed by atoms with van der Waals surface area (Å²) < 4.78 is 15.7. The number of halogens is 1. The molecule has 1 heterocycles. The molecule has 0 spiro atoms. The van der Waals surface area contributed by atoms with Crippen molar-refractivity contribution < 1.29 is 9.18 Å². The van der Waals surface area contributed by atoms with Gasteiger partial charge in [-0.1, -0.05) is 0 Å². The minimum atomic E-state index is -0.432. The highest BCUT2D eigenvalue weighted by Crippen LogP contribution is 2.19. The molecule has 0 fully saturated rings. The third-order valence-corrected chi connectivity index (χ3v) is 2.81. The summed E-state index contributed by atoms with van der Waals surface area (Å²) in [7, 11) is 1.67. The van der Waals surface area contributed by atoms with Gasteiger partial charge in [0.2, 0.25) is 5.91 Å².